The van der Waals surface area contributed by atoms with E-state index in [4.69, 9.17) is 23.2 Å². The van der Waals surface area contributed by atoms with Crippen molar-refractivity contribution in [3.8, 4) is 0 Å². The topological polar surface area (TPSA) is 12.0 Å². The molecule has 0 saturated heterocycles. The predicted octanol–water partition coefficient (Wildman–Crippen LogP) is 4.83. The molecule has 0 aliphatic heterocycles. The Labute approximate surface area is 108 Å². The second-order valence-corrected chi connectivity index (χ2v) is 4.83. The van der Waals surface area contributed by atoms with Crippen molar-refractivity contribution in [1.82, 2.24) is 5.32 Å². The molecule has 0 bridgehead atoms. The summed E-state index contributed by atoms with van der Waals surface area (Å²) in [6, 6.07) is 6.54. The molecule has 90 valence electrons. The molecular weight excluding hydrogens is 241 g/mol. The van der Waals surface area contributed by atoms with Crippen LogP contribution in [-0.4, -0.2) is 6.04 Å². The summed E-state index contributed by atoms with van der Waals surface area (Å²) >= 11 is 12.2. The molecule has 16 heavy (non-hydrogen) atoms. The van der Waals surface area contributed by atoms with E-state index in [1.807, 2.05) is 18.2 Å². The summed E-state index contributed by atoms with van der Waals surface area (Å²) in [6.45, 7) is 6.50. The van der Waals surface area contributed by atoms with Gasteiger partial charge in [-0.2, -0.15) is 0 Å². The first-order valence-electron chi connectivity index (χ1n) is 5.80. The van der Waals surface area contributed by atoms with Gasteiger partial charge in [0.1, 0.15) is 0 Å². The van der Waals surface area contributed by atoms with Gasteiger partial charge in [0.05, 0.1) is 10.0 Å². The summed E-state index contributed by atoms with van der Waals surface area (Å²) < 4.78 is 0. The molecule has 0 amide bonds. The van der Waals surface area contributed by atoms with Crippen LogP contribution in [-0.2, 0) is 0 Å². The van der Waals surface area contributed by atoms with Crippen molar-refractivity contribution >= 4 is 23.2 Å². The summed E-state index contributed by atoms with van der Waals surface area (Å²) in [5.41, 5.74) is 1.07. The quantitative estimate of drug-likeness (QED) is 0.799. The van der Waals surface area contributed by atoms with Crippen LogP contribution in [0.2, 0.25) is 10.0 Å². The third kappa shape index (κ3) is 3.38. The number of nitrogens with one attached hydrogen (secondary N) is 1. The molecule has 0 fully saturated rings. The summed E-state index contributed by atoms with van der Waals surface area (Å²) in [7, 11) is 0. The average molecular weight is 260 g/mol. The fourth-order valence-corrected chi connectivity index (χ4v) is 2.29. The number of rotatable bonds is 5. The fourth-order valence-electron chi connectivity index (χ4n) is 1.82. The van der Waals surface area contributed by atoms with Gasteiger partial charge < -0.3 is 5.32 Å². The number of benzene rings is 1. The van der Waals surface area contributed by atoms with Crippen LogP contribution in [0.15, 0.2) is 18.2 Å². The second-order valence-electron chi connectivity index (χ2n) is 4.04. The van der Waals surface area contributed by atoms with Gasteiger partial charge >= 0.3 is 0 Å². The molecule has 1 rings (SSSR count). The van der Waals surface area contributed by atoms with Crippen LogP contribution in [0.1, 0.15) is 45.2 Å². The van der Waals surface area contributed by atoms with Crippen molar-refractivity contribution < 1.29 is 0 Å². The van der Waals surface area contributed by atoms with Gasteiger partial charge in [0.25, 0.3) is 0 Å². The highest BCUT2D eigenvalue weighted by Crippen LogP contribution is 2.30. The Hall–Kier alpha value is -0.240. The summed E-state index contributed by atoms with van der Waals surface area (Å²) in [5.74, 6) is 0. The van der Waals surface area contributed by atoms with E-state index in [9.17, 15) is 0 Å². The van der Waals surface area contributed by atoms with E-state index < -0.39 is 0 Å². The lowest BCUT2D eigenvalue weighted by Gasteiger charge is -2.22. The number of halogens is 2. The SMILES string of the molecule is CCC(CC)NC(C)c1cccc(Cl)c1Cl. The van der Waals surface area contributed by atoms with Gasteiger partial charge in [0.2, 0.25) is 0 Å². The molecule has 0 aromatic heterocycles. The second kappa shape index (κ2) is 6.48. The van der Waals surface area contributed by atoms with Crippen LogP contribution in [0.25, 0.3) is 0 Å². The Morgan fingerprint density at radius 2 is 1.81 bits per heavy atom. The smallest absolute Gasteiger partial charge is 0.0639 e. The first-order chi connectivity index (χ1) is 7.60. The highest BCUT2D eigenvalue weighted by molar-refractivity contribution is 6.42. The van der Waals surface area contributed by atoms with E-state index in [2.05, 4.69) is 26.1 Å². The first-order valence-corrected chi connectivity index (χ1v) is 6.55. The Kier molecular flexibility index (Phi) is 5.60. The molecule has 1 aromatic rings. The zero-order chi connectivity index (χ0) is 12.1. The van der Waals surface area contributed by atoms with Crippen LogP contribution in [0, 0.1) is 0 Å². The lowest BCUT2D eigenvalue weighted by atomic mass is 10.1. The first kappa shape index (κ1) is 13.8. The summed E-state index contributed by atoms with van der Waals surface area (Å²) in [5, 5.41) is 4.84. The van der Waals surface area contributed by atoms with E-state index in [0.717, 1.165) is 18.4 Å². The molecule has 0 aliphatic rings. The Balaban J connectivity index is 2.80. The van der Waals surface area contributed by atoms with Crippen molar-refractivity contribution in [1.29, 1.82) is 0 Å². The maximum absolute atomic E-state index is 6.19. The Morgan fingerprint density at radius 1 is 1.19 bits per heavy atom. The molecular formula is C13H19Cl2N. The maximum atomic E-state index is 6.19. The van der Waals surface area contributed by atoms with Crippen molar-refractivity contribution in [2.75, 3.05) is 0 Å². The molecule has 1 aromatic carbocycles. The van der Waals surface area contributed by atoms with Gasteiger partial charge in [-0.05, 0) is 31.4 Å². The third-order valence-corrected chi connectivity index (χ3v) is 3.75. The average Bonchev–Trinajstić information content (AvgIpc) is 2.29. The van der Waals surface area contributed by atoms with Crippen LogP contribution in [0.5, 0.6) is 0 Å². The molecule has 0 saturated carbocycles. The molecule has 0 heterocycles. The molecule has 1 N–H and O–H groups in total. The van der Waals surface area contributed by atoms with Gasteiger partial charge in [-0.3, -0.25) is 0 Å². The van der Waals surface area contributed by atoms with E-state index in [1.165, 1.54) is 0 Å². The molecule has 1 nitrogen and oxygen atoms in total. The summed E-state index contributed by atoms with van der Waals surface area (Å²) in [4.78, 5) is 0. The lowest BCUT2D eigenvalue weighted by Crippen LogP contribution is -2.30. The third-order valence-electron chi connectivity index (χ3n) is 2.92. The minimum atomic E-state index is 0.232. The van der Waals surface area contributed by atoms with Crippen LogP contribution in [0.3, 0.4) is 0 Å². The van der Waals surface area contributed by atoms with Crippen molar-refractivity contribution in [3.63, 3.8) is 0 Å². The molecule has 0 radical (unpaired) electrons. The molecule has 0 aliphatic carbocycles. The molecule has 1 unspecified atom stereocenters. The molecule has 3 heteroatoms. The van der Waals surface area contributed by atoms with E-state index in [1.54, 1.807) is 0 Å². The van der Waals surface area contributed by atoms with E-state index in [0.29, 0.717) is 16.1 Å². The van der Waals surface area contributed by atoms with Gasteiger partial charge in [-0.25, -0.2) is 0 Å². The Morgan fingerprint density at radius 3 is 2.38 bits per heavy atom. The van der Waals surface area contributed by atoms with E-state index >= 15 is 0 Å². The van der Waals surface area contributed by atoms with Gasteiger partial charge in [-0.15, -0.1) is 0 Å². The largest absolute Gasteiger partial charge is 0.307 e. The highest BCUT2D eigenvalue weighted by atomic mass is 35.5. The minimum absolute atomic E-state index is 0.232. The molecule has 1 atom stereocenters. The van der Waals surface area contributed by atoms with Gasteiger partial charge in [0, 0.05) is 12.1 Å². The van der Waals surface area contributed by atoms with Gasteiger partial charge in [-0.1, -0.05) is 49.2 Å². The van der Waals surface area contributed by atoms with Crippen LogP contribution < -0.4 is 5.32 Å². The number of hydrogen-bond donors (Lipinski definition) is 1. The standard InChI is InChI=1S/C13H19Cl2N/c1-4-10(5-2)16-9(3)11-7-6-8-12(14)13(11)15/h6-10,16H,4-5H2,1-3H3. The van der Waals surface area contributed by atoms with Crippen molar-refractivity contribution in [2.24, 2.45) is 0 Å². The van der Waals surface area contributed by atoms with Gasteiger partial charge in [0.15, 0.2) is 0 Å². The Bertz CT molecular complexity index is 335. The lowest BCUT2D eigenvalue weighted by molar-refractivity contribution is 0.432. The normalized spacial score (nSPS) is 13.1. The fraction of sp³-hybridized carbons (Fsp3) is 0.538. The van der Waals surface area contributed by atoms with Crippen molar-refractivity contribution in [3.05, 3.63) is 33.8 Å². The van der Waals surface area contributed by atoms with Crippen LogP contribution in [0.4, 0.5) is 0 Å². The molecule has 0 spiro atoms. The number of hydrogen-bond acceptors (Lipinski definition) is 1. The van der Waals surface area contributed by atoms with Crippen LogP contribution >= 0.6 is 23.2 Å². The minimum Gasteiger partial charge on any atom is -0.307 e. The van der Waals surface area contributed by atoms with Crippen molar-refractivity contribution in [2.45, 2.75) is 45.7 Å². The zero-order valence-electron chi connectivity index (χ0n) is 10.1. The predicted molar refractivity (Wildman–Crippen MR) is 72.4 cm³/mol. The van der Waals surface area contributed by atoms with E-state index in [-0.39, 0.29) is 6.04 Å². The summed E-state index contributed by atoms with van der Waals surface area (Å²) in [6.07, 6.45) is 2.25. The highest BCUT2D eigenvalue weighted by Gasteiger charge is 2.14. The zero-order valence-corrected chi connectivity index (χ0v) is 11.6. The maximum Gasteiger partial charge on any atom is 0.0639 e. The monoisotopic (exact) mass is 259 g/mol.